The van der Waals surface area contributed by atoms with Crippen LogP contribution in [0.25, 0.3) is 11.0 Å². The number of carbonyl (C=O) groups excluding carboxylic acids is 1. The van der Waals surface area contributed by atoms with Crippen molar-refractivity contribution in [1.82, 2.24) is 24.2 Å². The average molecular weight is 381 g/mol. The molecule has 0 bridgehead atoms. The van der Waals surface area contributed by atoms with Crippen LogP contribution in [0.3, 0.4) is 0 Å². The van der Waals surface area contributed by atoms with Gasteiger partial charge in [0.25, 0.3) is 0 Å². The van der Waals surface area contributed by atoms with E-state index in [1.807, 2.05) is 59.3 Å². The number of hydrogen-bond acceptors (Lipinski definition) is 3. The molecule has 7 nitrogen and oxygen atoms in total. The van der Waals surface area contributed by atoms with Gasteiger partial charge in [0, 0.05) is 38.3 Å². The molecule has 4 rings (SSSR count). The summed E-state index contributed by atoms with van der Waals surface area (Å²) in [5.74, 6) is 0.187. The Kier molecular flexibility index (Phi) is 4.83. The van der Waals surface area contributed by atoms with E-state index in [0.717, 1.165) is 41.7 Å². The summed E-state index contributed by atoms with van der Waals surface area (Å²) in [5, 5.41) is 4.43. The molecule has 1 amide bonds. The second-order valence-electron chi connectivity index (χ2n) is 7.70. The fourth-order valence-corrected chi connectivity index (χ4v) is 4.38. The Bertz CT molecular complexity index is 1070. The van der Waals surface area contributed by atoms with Gasteiger partial charge in [0.05, 0.1) is 16.7 Å². The Hall–Kier alpha value is -2.83. The van der Waals surface area contributed by atoms with Crippen LogP contribution in [-0.4, -0.2) is 43.2 Å². The number of fused-ring (bicyclic) bond motifs is 1. The van der Waals surface area contributed by atoms with Crippen molar-refractivity contribution in [1.29, 1.82) is 0 Å². The normalized spacial score (nSPS) is 15.5. The van der Waals surface area contributed by atoms with Crippen LogP contribution in [0.5, 0.6) is 0 Å². The highest BCUT2D eigenvalue weighted by atomic mass is 16.2. The molecular weight excluding hydrogens is 354 g/mol. The zero-order chi connectivity index (χ0) is 19.8. The van der Waals surface area contributed by atoms with Gasteiger partial charge in [0.2, 0.25) is 5.91 Å². The maximum absolute atomic E-state index is 12.7. The Morgan fingerprint density at radius 2 is 1.93 bits per heavy atom. The van der Waals surface area contributed by atoms with Gasteiger partial charge in [-0.2, -0.15) is 5.10 Å². The lowest BCUT2D eigenvalue weighted by molar-refractivity contribution is -0.132. The van der Waals surface area contributed by atoms with Gasteiger partial charge >= 0.3 is 5.69 Å². The maximum Gasteiger partial charge on any atom is 0.326 e. The zero-order valence-electron chi connectivity index (χ0n) is 16.7. The smallest absolute Gasteiger partial charge is 0.326 e. The number of aromatic nitrogens is 4. The molecule has 1 aliphatic rings. The molecule has 28 heavy (non-hydrogen) atoms. The number of carbonyl (C=O) groups is 1. The number of likely N-dealkylation sites (tertiary alicyclic amines) is 1. The van der Waals surface area contributed by atoms with Gasteiger partial charge in [-0.3, -0.25) is 14.0 Å². The molecule has 148 valence electrons. The first-order chi connectivity index (χ1) is 13.5. The molecule has 0 unspecified atom stereocenters. The SMILES string of the molecule is Cc1nn(C)c(C)c1CCC(=O)N1CCC(n2c(=O)[nH]c3ccccc32)CC1. The van der Waals surface area contributed by atoms with E-state index in [-0.39, 0.29) is 17.6 Å². The van der Waals surface area contributed by atoms with Crippen LogP contribution in [0, 0.1) is 13.8 Å². The molecule has 0 aliphatic carbocycles. The molecule has 0 saturated carbocycles. The summed E-state index contributed by atoms with van der Waals surface area (Å²) in [6, 6.07) is 7.91. The number of nitrogens with one attached hydrogen (secondary N) is 1. The first kappa shape index (κ1) is 18.5. The number of piperidine rings is 1. The van der Waals surface area contributed by atoms with Gasteiger partial charge in [0.15, 0.2) is 0 Å². The predicted octanol–water partition coefficient (Wildman–Crippen LogP) is 2.48. The van der Waals surface area contributed by atoms with E-state index >= 15 is 0 Å². The predicted molar refractivity (Wildman–Crippen MR) is 108 cm³/mol. The molecular formula is C21H27N5O2. The summed E-state index contributed by atoms with van der Waals surface area (Å²) < 4.78 is 3.74. The molecule has 3 heterocycles. The summed E-state index contributed by atoms with van der Waals surface area (Å²) in [4.78, 5) is 30.0. The van der Waals surface area contributed by atoms with E-state index < -0.39 is 0 Å². The van der Waals surface area contributed by atoms with Gasteiger partial charge in [-0.25, -0.2) is 4.79 Å². The number of amides is 1. The second-order valence-corrected chi connectivity index (χ2v) is 7.70. The lowest BCUT2D eigenvalue weighted by Gasteiger charge is -2.32. The maximum atomic E-state index is 12.7. The summed E-state index contributed by atoms with van der Waals surface area (Å²) in [7, 11) is 1.94. The van der Waals surface area contributed by atoms with E-state index in [1.54, 1.807) is 0 Å². The van der Waals surface area contributed by atoms with Crippen LogP contribution in [-0.2, 0) is 18.3 Å². The number of rotatable bonds is 4. The zero-order valence-corrected chi connectivity index (χ0v) is 16.7. The largest absolute Gasteiger partial charge is 0.343 e. The molecule has 0 radical (unpaired) electrons. The third-order valence-corrected chi connectivity index (χ3v) is 6.05. The fraction of sp³-hybridized carbons (Fsp3) is 0.476. The molecule has 1 aliphatic heterocycles. The summed E-state index contributed by atoms with van der Waals surface area (Å²) >= 11 is 0. The average Bonchev–Trinajstić information content (AvgIpc) is 3.15. The van der Waals surface area contributed by atoms with E-state index in [2.05, 4.69) is 10.1 Å². The number of aromatic amines is 1. The molecule has 1 fully saturated rings. The second kappa shape index (κ2) is 7.30. The summed E-state index contributed by atoms with van der Waals surface area (Å²) in [5.41, 5.74) is 5.06. The van der Waals surface area contributed by atoms with Crippen LogP contribution >= 0.6 is 0 Å². The van der Waals surface area contributed by atoms with Crippen LogP contribution in [0.2, 0.25) is 0 Å². The van der Waals surface area contributed by atoms with Crippen molar-refractivity contribution >= 4 is 16.9 Å². The Morgan fingerprint density at radius 1 is 1.21 bits per heavy atom. The first-order valence-corrected chi connectivity index (χ1v) is 9.92. The van der Waals surface area contributed by atoms with Crippen LogP contribution < -0.4 is 5.69 Å². The summed E-state index contributed by atoms with van der Waals surface area (Å²) in [6.45, 7) is 5.43. The molecule has 0 atom stereocenters. The lowest BCUT2D eigenvalue weighted by Crippen LogP contribution is -2.40. The number of aryl methyl sites for hydroxylation is 2. The lowest BCUT2D eigenvalue weighted by atomic mass is 10.0. The van der Waals surface area contributed by atoms with Crippen molar-refractivity contribution < 1.29 is 4.79 Å². The molecule has 1 aromatic carbocycles. The molecule has 7 heteroatoms. The van der Waals surface area contributed by atoms with Crippen LogP contribution in [0.4, 0.5) is 0 Å². The minimum atomic E-state index is -0.0616. The topological polar surface area (TPSA) is 75.9 Å². The molecule has 3 aromatic rings. The fourth-order valence-electron chi connectivity index (χ4n) is 4.38. The number of benzene rings is 1. The van der Waals surface area contributed by atoms with E-state index in [0.29, 0.717) is 19.5 Å². The van der Waals surface area contributed by atoms with E-state index in [1.165, 1.54) is 5.56 Å². The van der Waals surface area contributed by atoms with Crippen LogP contribution in [0.1, 0.15) is 42.3 Å². The standard InChI is InChI=1S/C21H27N5O2/c1-14-17(15(2)24(3)23-14)8-9-20(27)25-12-10-16(11-13-25)26-19-7-5-4-6-18(19)22-21(26)28/h4-7,16H,8-13H2,1-3H3,(H,22,28). The highest BCUT2D eigenvalue weighted by molar-refractivity contribution is 5.77. The van der Waals surface area contributed by atoms with Gasteiger partial charge < -0.3 is 9.88 Å². The number of hydrogen-bond donors (Lipinski definition) is 1. The molecule has 1 N–H and O–H groups in total. The summed E-state index contributed by atoms with van der Waals surface area (Å²) in [6.07, 6.45) is 2.84. The van der Waals surface area contributed by atoms with Gasteiger partial charge in [-0.15, -0.1) is 0 Å². The van der Waals surface area contributed by atoms with E-state index in [9.17, 15) is 9.59 Å². The van der Waals surface area contributed by atoms with E-state index in [4.69, 9.17) is 0 Å². The molecule has 2 aromatic heterocycles. The number of para-hydroxylation sites is 2. The quantitative estimate of drug-likeness (QED) is 0.754. The molecule has 1 saturated heterocycles. The third kappa shape index (κ3) is 3.25. The number of imidazole rings is 1. The highest BCUT2D eigenvalue weighted by Gasteiger charge is 2.26. The van der Waals surface area contributed by atoms with Crippen molar-refractivity contribution in [3.05, 3.63) is 51.7 Å². The van der Waals surface area contributed by atoms with Crippen LogP contribution in [0.15, 0.2) is 29.1 Å². The van der Waals surface area contributed by atoms with Crippen molar-refractivity contribution in [3.63, 3.8) is 0 Å². The monoisotopic (exact) mass is 381 g/mol. The van der Waals surface area contributed by atoms with Gasteiger partial charge in [0.1, 0.15) is 0 Å². The van der Waals surface area contributed by atoms with Crippen molar-refractivity contribution in [3.8, 4) is 0 Å². The van der Waals surface area contributed by atoms with Crippen molar-refractivity contribution in [2.75, 3.05) is 13.1 Å². The Morgan fingerprint density at radius 3 is 2.61 bits per heavy atom. The Labute approximate surface area is 164 Å². The van der Waals surface area contributed by atoms with Crippen molar-refractivity contribution in [2.24, 2.45) is 7.05 Å². The number of nitrogens with zero attached hydrogens (tertiary/aromatic N) is 4. The number of H-pyrrole nitrogens is 1. The minimum Gasteiger partial charge on any atom is -0.343 e. The molecule has 0 spiro atoms. The van der Waals surface area contributed by atoms with Gasteiger partial charge in [-0.05, 0) is 50.8 Å². The third-order valence-electron chi connectivity index (χ3n) is 6.05. The van der Waals surface area contributed by atoms with Crippen molar-refractivity contribution in [2.45, 2.75) is 45.6 Å². The first-order valence-electron chi connectivity index (χ1n) is 9.92. The van der Waals surface area contributed by atoms with Gasteiger partial charge in [-0.1, -0.05) is 12.1 Å². The Balaban J connectivity index is 1.39. The minimum absolute atomic E-state index is 0.0616. The highest BCUT2D eigenvalue weighted by Crippen LogP contribution is 2.25.